The molecule has 2 fully saturated rings. The van der Waals surface area contributed by atoms with E-state index in [1.165, 1.54) is 44.1 Å². The molecule has 1 saturated heterocycles. The number of hydrogen-bond donors (Lipinski definition) is 1. The molecule has 1 aromatic carbocycles. The molecule has 1 saturated carbocycles. The van der Waals surface area contributed by atoms with Crippen LogP contribution in [0.15, 0.2) is 24.3 Å². The third-order valence-corrected chi connectivity index (χ3v) is 6.31. The van der Waals surface area contributed by atoms with Crippen molar-refractivity contribution in [2.24, 2.45) is 0 Å². The lowest BCUT2D eigenvalue weighted by Crippen LogP contribution is -2.52. The van der Waals surface area contributed by atoms with Gasteiger partial charge in [-0.2, -0.15) is 0 Å². The molecule has 1 aliphatic heterocycles. The average Bonchev–Trinajstić information content (AvgIpc) is 2.67. The van der Waals surface area contributed by atoms with Gasteiger partial charge in [-0.05, 0) is 63.4 Å². The number of unbranched alkanes of at least 4 members (excludes halogenated alkanes) is 1. The maximum absolute atomic E-state index is 10.0. The van der Waals surface area contributed by atoms with Gasteiger partial charge < -0.3 is 9.84 Å². The van der Waals surface area contributed by atoms with Gasteiger partial charge in [-0.15, -0.1) is 0 Å². The molecule has 1 aromatic rings. The second-order valence-corrected chi connectivity index (χ2v) is 7.74. The minimum Gasteiger partial charge on any atom is -0.508 e. The van der Waals surface area contributed by atoms with Crippen LogP contribution in [0.25, 0.3) is 0 Å². The Morgan fingerprint density at radius 3 is 2.60 bits per heavy atom. The van der Waals surface area contributed by atoms with Crippen LogP contribution in [0.2, 0.25) is 0 Å². The SMILES string of the molecule is CCCCN(C)C1(c2cccc(O)c2)CCC(N2CCOCC2)CC1. The van der Waals surface area contributed by atoms with Crippen molar-refractivity contribution in [3.63, 3.8) is 0 Å². The summed E-state index contributed by atoms with van der Waals surface area (Å²) >= 11 is 0. The molecule has 140 valence electrons. The highest BCUT2D eigenvalue weighted by Crippen LogP contribution is 2.43. The molecule has 0 bridgehead atoms. The molecular formula is C21H34N2O2. The van der Waals surface area contributed by atoms with E-state index < -0.39 is 0 Å². The van der Waals surface area contributed by atoms with E-state index in [1.54, 1.807) is 6.07 Å². The lowest BCUT2D eigenvalue weighted by Gasteiger charge is -2.49. The zero-order chi connectivity index (χ0) is 17.7. The first-order chi connectivity index (χ1) is 12.2. The summed E-state index contributed by atoms with van der Waals surface area (Å²) in [7, 11) is 2.27. The fourth-order valence-corrected chi connectivity index (χ4v) is 4.68. The highest BCUT2D eigenvalue weighted by Gasteiger charge is 2.41. The molecule has 4 nitrogen and oxygen atoms in total. The highest BCUT2D eigenvalue weighted by atomic mass is 16.5. The number of ether oxygens (including phenoxy) is 1. The molecule has 0 atom stereocenters. The van der Waals surface area contributed by atoms with E-state index >= 15 is 0 Å². The first-order valence-electron chi connectivity index (χ1n) is 9.98. The van der Waals surface area contributed by atoms with Gasteiger partial charge in [-0.25, -0.2) is 0 Å². The van der Waals surface area contributed by atoms with Crippen LogP contribution < -0.4 is 0 Å². The zero-order valence-electron chi connectivity index (χ0n) is 15.9. The summed E-state index contributed by atoms with van der Waals surface area (Å²) in [5.41, 5.74) is 1.35. The van der Waals surface area contributed by atoms with Crippen LogP contribution in [0.4, 0.5) is 0 Å². The van der Waals surface area contributed by atoms with E-state index in [0.717, 1.165) is 32.8 Å². The van der Waals surface area contributed by atoms with Gasteiger partial charge in [-0.1, -0.05) is 25.5 Å². The molecule has 0 aromatic heterocycles. The van der Waals surface area contributed by atoms with Crippen molar-refractivity contribution in [1.29, 1.82) is 0 Å². The van der Waals surface area contributed by atoms with Crippen LogP contribution in [0.1, 0.15) is 51.0 Å². The van der Waals surface area contributed by atoms with Gasteiger partial charge in [0.15, 0.2) is 0 Å². The fourth-order valence-electron chi connectivity index (χ4n) is 4.68. The molecule has 2 aliphatic rings. The number of morpholine rings is 1. The Bertz CT molecular complexity index is 534. The number of hydrogen-bond acceptors (Lipinski definition) is 4. The summed E-state index contributed by atoms with van der Waals surface area (Å²) in [5.74, 6) is 0.385. The summed E-state index contributed by atoms with van der Waals surface area (Å²) in [6, 6.07) is 8.65. The zero-order valence-corrected chi connectivity index (χ0v) is 15.9. The van der Waals surface area contributed by atoms with Crippen LogP contribution in [0.3, 0.4) is 0 Å². The summed E-state index contributed by atoms with van der Waals surface area (Å²) < 4.78 is 5.52. The van der Waals surface area contributed by atoms with E-state index in [4.69, 9.17) is 4.74 Å². The molecule has 0 amide bonds. The topological polar surface area (TPSA) is 35.9 Å². The van der Waals surface area contributed by atoms with Crippen LogP contribution >= 0.6 is 0 Å². The number of phenolic OH excluding ortho intramolecular Hbond substituents is 1. The van der Waals surface area contributed by atoms with E-state index in [1.807, 2.05) is 12.1 Å². The van der Waals surface area contributed by atoms with Gasteiger partial charge in [0, 0.05) is 24.7 Å². The first kappa shape index (κ1) is 18.7. The highest BCUT2D eigenvalue weighted by molar-refractivity contribution is 5.33. The number of benzene rings is 1. The fraction of sp³-hybridized carbons (Fsp3) is 0.714. The molecule has 25 heavy (non-hydrogen) atoms. The van der Waals surface area contributed by atoms with E-state index in [-0.39, 0.29) is 5.54 Å². The minimum absolute atomic E-state index is 0.0662. The van der Waals surface area contributed by atoms with Gasteiger partial charge in [0.25, 0.3) is 0 Å². The maximum Gasteiger partial charge on any atom is 0.115 e. The monoisotopic (exact) mass is 346 g/mol. The van der Waals surface area contributed by atoms with E-state index in [9.17, 15) is 5.11 Å². The molecule has 0 unspecified atom stereocenters. The Labute approximate surface area is 152 Å². The normalized spacial score (nSPS) is 28.4. The Balaban J connectivity index is 1.76. The summed E-state index contributed by atoms with van der Waals surface area (Å²) in [5, 5.41) is 10.0. The van der Waals surface area contributed by atoms with Crippen molar-refractivity contribution in [2.45, 2.75) is 57.0 Å². The smallest absolute Gasteiger partial charge is 0.115 e. The van der Waals surface area contributed by atoms with Gasteiger partial charge >= 0.3 is 0 Å². The predicted octanol–water partition coefficient (Wildman–Crippen LogP) is 3.59. The third-order valence-electron chi connectivity index (χ3n) is 6.31. The second-order valence-electron chi connectivity index (χ2n) is 7.74. The van der Waals surface area contributed by atoms with Gasteiger partial charge in [0.1, 0.15) is 5.75 Å². The molecule has 3 rings (SSSR count). The van der Waals surface area contributed by atoms with Crippen molar-refractivity contribution in [3.05, 3.63) is 29.8 Å². The van der Waals surface area contributed by atoms with Crippen molar-refractivity contribution >= 4 is 0 Å². The van der Waals surface area contributed by atoms with Crippen molar-refractivity contribution in [2.75, 3.05) is 39.9 Å². The number of nitrogens with zero attached hydrogens (tertiary/aromatic N) is 2. The van der Waals surface area contributed by atoms with Gasteiger partial charge in [-0.3, -0.25) is 9.80 Å². The number of aromatic hydroxyl groups is 1. The lowest BCUT2D eigenvalue weighted by atomic mass is 9.73. The molecular weight excluding hydrogens is 312 g/mol. The quantitative estimate of drug-likeness (QED) is 0.854. The second kappa shape index (κ2) is 8.52. The van der Waals surface area contributed by atoms with E-state index in [2.05, 4.69) is 29.8 Å². The maximum atomic E-state index is 10.0. The summed E-state index contributed by atoms with van der Waals surface area (Å²) in [4.78, 5) is 5.18. The molecule has 1 aliphatic carbocycles. The largest absolute Gasteiger partial charge is 0.508 e. The summed E-state index contributed by atoms with van der Waals surface area (Å²) in [6.07, 6.45) is 7.23. The average molecular weight is 347 g/mol. The predicted molar refractivity (Wildman–Crippen MR) is 102 cm³/mol. The Hall–Kier alpha value is -1.10. The van der Waals surface area contributed by atoms with Crippen LogP contribution in [-0.4, -0.2) is 60.8 Å². The molecule has 0 spiro atoms. The molecule has 4 heteroatoms. The van der Waals surface area contributed by atoms with Gasteiger partial charge in [0.05, 0.1) is 13.2 Å². The molecule has 0 radical (unpaired) electrons. The van der Waals surface area contributed by atoms with Crippen molar-refractivity contribution < 1.29 is 9.84 Å². The van der Waals surface area contributed by atoms with Crippen LogP contribution in [0.5, 0.6) is 5.75 Å². The van der Waals surface area contributed by atoms with E-state index in [0.29, 0.717) is 11.8 Å². The standard InChI is InChI=1S/C21H34N2O2/c1-3-4-12-22(2)21(18-6-5-7-20(24)17-18)10-8-19(9-11-21)23-13-15-25-16-14-23/h5-7,17,19,24H,3-4,8-16H2,1-2H3. The van der Waals surface area contributed by atoms with Crippen LogP contribution in [-0.2, 0) is 10.3 Å². The Morgan fingerprint density at radius 2 is 1.96 bits per heavy atom. The lowest BCUT2D eigenvalue weighted by molar-refractivity contribution is -0.0157. The first-order valence-corrected chi connectivity index (χ1v) is 9.98. The van der Waals surface area contributed by atoms with Crippen LogP contribution in [0, 0.1) is 0 Å². The van der Waals surface area contributed by atoms with Crippen molar-refractivity contribution in [1.82, 2.24) is 9.80 Å². The Kier molecular flexibility index (Phi) is 6.37. The van der Waals surface area contributed by atoms with Gasteiger partial charge in [0.2, 0.25) is 0 Å². The molecule has 1 heterocycles. The van der Waals surface area contributed by atoms with Crippen molar-refractivity contribution in [3.8, 4) is 5.75 Å². The number of rotatable bonds is 6. The minimum atomic E-state index is 0.0662. The third kappa shape index (κ3) is 4.18. The molecule has 1 N–H and O–H groups in total. The summed E-state index contributed by atoms with van der Waals surface area (Å²) in [6.45, 7) is 7.29. The Morgan fingerprint density at radius 1 is 1.24 bits per heavy atom. The number of phenols is 1.